The fourth-order valence-electron chi connectivity index (χ4n) is 3.43. The largest absolute Gasteiger partial charge is 0.394 e. The Morgan fingerprint density at radius 3 is 2.88 bits per heavy atom. The van der Waals surface area contributed by atoms with Gasteiger partial charge in [-0.3, -0.25) is 4.90 Å². The number of likely N-dealkylation sites (N-methyl/N-ethyl adjacent to an activating group) is 1. The lowest BCUT2D eigenvalue weighted by Gasteiger charge is -2.29. The maximum atomic E-state index is 9.51. The maximum Gasteiger partial charge on any atom is 0.0613 e. The highest BCUT2D eigenvalue weighted by atomic mass is 16.5. The van der Waals surface area contributed by atoms with Crippen LogP contribution in [0.3, 0.4) is 0 Å². The van der Waals surface area contributed by atoms with Crippen molar-refractivity contribution in [1.29, 1.82) is 0 Å². The Bertz CT molecular complexity index is 244. The van der Waals surface area contributed by atoms with Crippen molar-refractivity contribution in [1.82, 2.24) is 10.2 Å². The van der Waals surface area contributed by atoms with Crippen LogP contribution in [-0.4, -0.2) is 62.0 Å². The van der Waals surface area contributed by atoms with Gasteiger partial charge in [0.1, 0.15) is 0 Å². The van der Waals surface area contributed by atoms with Crippen LogP contribution in [0.2, 0.25) is 0 Å². The summed E-state index contributed by atoms with van der Waals surface area (Å²) in [5.41, 5.74) is -0.0238. The number of aliphatic hydroxyl groups is 1. The van der Waals surface area contributed by atoms with E-state index in [4.69, 9.17) is 4.74 Å². The van der Waals surface area contributed by atoms with E-state index in [9.17, 15) is 5.11 Å². The number of hydrogen-bond acceptors (Lipinski definition) is 4. The fourth-order valence-corrected chi connectivity index (χ4v) is 3.43. The molecule has 4 nitrogen and oxygen atoms in total. The van der Waals surface area contributed by atoms with E-state index in [0.29, 0.717) is 12.0 Å². The number of nitrogens with zero attached hydrogens (tertiary/aromatic N) is 1. The van der Waals surface area contributed by atoms with Crippen LogP contribution in [0.25, 0.3) is 0 Å². The quantitative estimate of drug-likeness (QED) is 0.735. The van der Waals surface area contributed by atoms with E-state index in [0.717, 1.165) is 19.4 Å². The third-order valence-electron chi connectivity index (χ3n) is 4.65. The molecule has 0 aromatic rings. The summed E-state index contributed by atoms with van der Waals surface area (Å²) in [6.45, 7) is 3.52. The summed E-state index contributed by atoms with van der Waals surface area (Å²) in [5.74, 6) is 0.707. The smallest absolute Gasteiger partial charge is 0.0613 e. The Kier molecular flexibility index (Phi) is 4.42. The number of ether oxygens (including phenoxy) is 1. The Morgan fingerprint density at radius 1 is 1.47 bits per heavy atom. The summed E-state index contributed by atoms with van der Waals surface area (Å²) < 4.78 is 5.24. The van der Waals surface area contributed by atoms with Gasteiger partial charge < -0.3 is 15.2 Å². The molecular weight excluding hydrogens is 216 g/mol. The van der Waals surface area contributed by atoms with Gasteiger partial charge in [-0.05, 0) is 45.2 Å². The SMILES string of the molecule is CNC1(CO)CCC(N2CCC(COC)C2)C1. The van der Waals surface area contributed by atoms with Crippen molar-refractivity contribution >= 4 is 0 Å². The van der Waals surface area contributed by atoms with E-state index in [-0.39, 0.29) is 12.1 Å². The van der Waals surface area contributed by atoms with E-state index >= 15 is 0 Å². The molecular formula is C13H26N2O2. The number of aliphatic hydroxyl groups excluding tert-OH is 1. The summed E-state index contributed by atoms with van der Waals surface area (Å²) in [4.78, 5) is 2.60. The minimum absolute atomic E-state index is 0.0238. The molecule has 1 aliphatic heterocycles. The summed E-state index contributed by atoms with van der Waals surface area (Å²) >= 11 is 0. The van der Waals surface area contributed by atoms with Crippen molar-refractivity contribution in [3.8, 4) is 0 Å². The van der Waals surface area contributed by atoms with Gasteiger partial charge in [-0.2, -0.15) is 0 Å². The van der Waals surface area contributed by atoms with E-state index < -0.39 is 0 Å². The summed E-state index contributed by atoms with van der Waals surface area (Å²) in [6, 6.07) is 0.649. The Labute approximate surface area is 104 Å². The number of hydrogen-bond donors (Lipinski definition) is 2. The molecule has 0 spiro atoms. The average Bonchev–Trinajstić information content (AvgIpc) is 2.96. The van der Waals surface area contributed by atoms with Crippen LogP contribution in [0, 0.1) is 5.92 Å². The molecule has 0 bridgehead atoms. The van der Waals surface area contributed by atoms with E-state index in [1.54, 1.807) is 7.11 Å². The van der Waals surface area contributed by atoms with Gasteiger partial charge in [0.15, 0.2) is 0 Å². The number of methoxy groups -OCH3 is 1. The first-order valence-corrected chi connectivity index (χ1v) is 6.76. The van der Waals surface area contributed by atoms with Crippen molar-refractivity contribution < 1.29 is 9.84 Å². The highest BCUT2D eigenvalue weighted by Gasteiger charge is 2.41. The summed E-state index contributed by atoms with van der Waals surface area (Å²) in [5, 5.41) is 12.8. The van der Waals surface area contributed by atoms with Gasteiger partial charge in [-0.15, -0.1) is 0 Å². The lowest BCUT2D eigenvalue weighted by atomic mass is 9.99. The zero-order valence-corrected chi connectivity index (χ0v) is 11.1. The van der Waals surface area contributed by atoms with Crippen molar-refractivity contribution in [2.45, 2.75) is 37.3 Å². The van der Waals surface area contributed by atoms with Gasteiger partial charge in [0.2, 0.25) is 0 Å². The van der Waals surface area contributed by atoms with E-state index in [1.165, 1.54) is 25.9 Å². The molecule has 1 aliphatic carbocycles. The van der Waals surface area contributed by atoms with Crippen LogP contribution in [0.1, 0.15) is 25.7 Å². The first kappa shape index (κ1) is 13.3. The minimum Gasteiger partial charge on any atom is -0.394 e. The van der Waals surface area contributed by atoms with E-state index in [1.807, 2.05) is 7.05 Å². The summed E-state index contributed by atoms with van der Waals surface area (Å²) in [7, 11) is 3.76. The molecule has 4 heteroatoms. The molecule has 100 valence electrons. The monoisotopic (exact) mass is 242 g/mol. The van der Waals surface area contributed by atoms with Crippen molar-refractivity contribution in [2.24, 2.45) is 5.92 Å². The number of likely N-dealkylation sites (tertiary alicyclic amines) is 1. The molecule has 2 aliphatic rings. The molecule has 0 radical (unpaired) electrons. The zero-order valence-electron chi connectivity index (χ0n) is 11.1. The summed E-state index contributed by atoms with van der Waals surface area (Å²) in [6.07, 6.45) is 4.65. The Balaban J connectivity index is 1.85. The average molecular weight is 242 g/mol. The highest BCUT2D eigenvalue weighted by molar-refractivity contribution is 4.99. The molecule has 1 saturated carbocycles. The Hall–Kier alpha value is -0.160. The zero-order chi connectivity index (χ0) is 12.3. The van der Waals surface area contributed by atoms with Gasteiger partial charge in [0.05, 0.1) is 13.2 Å². The fraction of sp³-hybridized carbons (Fsp3) is 1.00. The number of rotatable bonds is 5. The third kappa shape index (κ3) is 2.81. The standard InChI is InChI=1S/C13H26N2O2/c1-14-13(10-16)5-3-12(7-13)15-6-4-11(8-15)9-17-2/h11-12,14,16H,3-10H2,1-2H3. The molecule has 17 heavy (non-hydrogen) atoms. The van der Waals surface area contributed by atoms with Crippen molar-refractivity contribution in [2.75, 3.05) is 40.5 Å². The molecule has 2 fully saturated rings. The topological polar surface area (TPSA) is 44.7 Å². The van der Waals surface area contributed by atoms with Crippen LogP contribution in [0.15, 0.2) is 0 Å². The molecule has 1 heterocycles. The lowest BCUT2D eigenvalue weighted by Crippen LogP contribution is -2.45. The normalized spacial score (nSPS) is 39.0. The van der Waals surface area contributed by atoms with Crippen LogP contribution in [-0.2, 0) is 4.74 Å². The number of nitrogens with one attached hydrogen (secondary N) is 1. The van der Waals surface area contributed by atoms with Gasteiger partial charge in [-0.1, -0.05) is 0 Å². The molecule has 0 aromatic heterocycles. The molecule has 1 saturated heterocycles. The predicted molar refractivity (Wildman–Crippen MR) is 68.1 cm³/mol. The van der Waals surface area contributed by atoms with Crippen LogP contribution >= 0.6 is 0 Å². The highest BCUT2D eigenvalue weighted by Crippen LogP contribution is 2.35. The first-order chi connectivity index (χ1) is 8.23. The van der Waals surface area contributed by atoms with Crippen LogP contribution < -0.4 is 5.32 Å². The minimum atomic E-state index is -0.0238. The van der Waals surface area contributed by atoms with Gasteiger partial charge >= 0.3 is 0 Å². The van der Waals surface area contributed by atoms with E-state index in [2.05, 4.69) is 10.2 Å². The maximum absolute atomic E-state index is 9.51. The van der Waals surface area contributed by atoms with Gasteiger partial charge in [-0.25, -0.2) is 0 Å². The van der Waals surface area contributed by atoms with Gasteiger partial charge in [0.25, 0.3) is 0 Å². The Morgan fingerprint density at radius 2 is 2.29 bits per heavy atom. The second kappa shape index (κ2) is 5.65. The molecule has 0 aromatic carbocycles. The molecule has 3 unspecified atom stereocenters. The van der Waals surface area contributed by atoms with Crippen LogP contribution in [0.4, 0.5) is 0 Å². The second-order valence-corrected chi connectivity index (χ2v) is 5.69. The molecule has 0 amide bonds. The molecule has 2 N–H and O–H groups in total. The molecule has 3 atom stereocenters. The predicted octanol–water partition coefficient (Wildman–Crippen LogP) is 0.458. The lowest BCUT2D eigenvalue weighted by molar-refractivity contribution is 0.139. The van der Waals surface area contributed by atoms with Crippen molar-refractivity contribution in [3.05, 3.63) is 0 Å². The van der Waals surface area contributed by atoms with Gasteiger partial charge in [0, 0.05) is 25.2 Å². The second-order valence-electron chi connectivity index (χ2n) is 5.69. The first-order valence-electron chi connectivity index (χ1n) is 6.76. The van der Waals surface area contributed by atoms with Crippen molar-refractivity contribution in [3.63, 3.8) is 0 Å². The third-order valence-corrected chi connectivity index (χ3v) is 4.65. The van der Waals surface area contributed by atoms with Crippen LogP contribution in [0.5, 0.6) is 0 Å². The molecule has 2 rings (SSSR count).